The number of rotatable bonds is 2. The molecule has 0 nitrogen and oxygen atoms in total. The number of hydrogen-bond donors (Lipinski definition) is 0. The average Bonchev–Trinajstić information content (AvgIpc) is 1.97. The Morgan fingerprint density at radius 3 is 2.70 bits per heavy atom. The van der Waals surface area contributed by atoms with Crippen LogP contribution >= 0.6 is 0 Å². The molecule has 0 aliphatic heterocycles. The maximum atomic E-state index is 3.02. The van der Waals surface area contributed by atoms with Gasteiger partial charge in [0, 0.05) is 6.42 Å². The Kier molecular flexibility index (Phi) is 7.27. The molecule has 0 saturated heterocycles. The van der Waals surface area contributed by atoms with Crippen LogP contribution in [0.5, 0.6) is 0 Å². The van der Waals surface area contributed by atoms with E-state index in [2.05, 4.69) is 18.8 Å². The second-order valence-electron chi connectivity index (χ2n) is 1.96. The molecule has 0 spiro atoms. The van der Waals surface area contributed by atoms with Gasteiger partial charge in [-0.1, -0.05) is 37.0 Å². The summed E-state index contributed by atoms with van der Waals surface area (Å²) in [6.45, 7) is 4.12. The van der Waals surface area contributed by atoms with E-state index in [4.69, 9.17) is 0 Å². The first-order valence-electron chi connectivity index (χ1n) is 3.68. The first kappa shape index (κ1) is 9.04. The Labute approximate surface area is 63.6 Å². The zero-order valence-electron chi connectivity index (χ0n) is 6.72. The van der Waals surface area contributed by atoms with Crippen LogP contribution in [0.3, 0.4) is 0 Å². The fourth-order valence-corrected chi connectivity index (χ4v) is 0.471. The molecule has 54 valence electrons. The predicted octanol–water partition coefficient (Wildman–Crippen LogP) is 2.92. The average molecular weight is 134 g/mol. The van der Waals surface area contributed by atoms with Crippen LogP contribution in [0.25, 0.3) is 0 Å². The van der Waals surface area contributed by atoms with Crippen molar-refractivity contribution < 1.29 is 0 Å². The summed E-state index contributed by atoms with van der Waals surface area (Å²) < 4.78 is 0. The van der Waals surface area contributed by atoms with Gasteiger partial charge in [0.1, 0.15) is 0 Å². The molecular formula is C10H14. The van der Waals surface area contributed by atoms with E-state index < -0.39 is 0 Å². The van der Waals surface area contributed by atoms with E-state index in [0.29, 0.717) is 0 Å². The molecule has 0 aromatic rings. The van der Waals surface area contributed by atoms with Crippen molar-refractivity contribution >= 4 is 0 Å². The van der Waals surface area contributed by atoms with Crippen molar-refractivity contribution in [1.82, 2.24) is 0 Å². The lowest BCUT2D eigenvalue weighted by Crippen LogP contribution is -1.59. The molecule has 10 heavy (non-hydrogen) atoms. The van der Waals surface area contributed by atoms with Crippen LogP contribution < -0.4 is 0 Å². The number of unbranched alkanes of at least 4 members (excludes halogenated alkanes) is 1. The monoisotopic (exact) mass is 134 g/mol. The smallest absolute Gasteiger partial charge is 0.00896 e. The van der Waals surface area contributed by atoms with Crippen molar-refractivity contribution in [3.05, 3.63) is 24.3 Å². The van der Waals surface area contributed by atoms with Gasteiger partial charge >= 0.3 is 0 Å². The Balaban J connectivity index is 3.43. The van der Waals surface area contributed by atoms with Gasteiger partial charge in [-0.15, -0.1) is 0 Å². The molecule has 0 aromatic carbocycles. The van der Waals surface area contributed by atoms with Gasteiger partial charge in [-0.3, -0.25) is 0 Å². The maximum Gasteiger partial charge on any atom is 0.00896 e. The molecule has 0 bridgehead atoms. The third-order valence-corrected chi connectivity index (χ3v) is 0.960. The summed E-state index contributed by atoms with van der Waals surface area (Å²) in [4.78, 5) is 0. The topological polar surface area (TPSA) is 0 Å². The fourth-order valence-electron chi connectivity index (χ4n) is 0.471. The van der Waals surface area contributed by atoms with Crippen LogP contribution in [-0.2, 0) is 0 Å². The lowest BCUT2D eigenvalue weighted by Gasteiger charge is -1.73. The third-order valence-electron chi connectivity index (χ3n) is 0.960. The molecule has 0 aliphatic rings. The summed E-state index contributed by atoms with van der Waals surface area (Å²) in [7, 11) is 0. The Bertz CT molecular complexity index is 162. The van der Waals surface area contributed by atoms with E-state index in [9.17, 15) is 0 Å². The quantitative estimate of drug-likeness (QED) is 0.402. The second kappa shape index (κ2) is 8.04. The summed E-state index contributed by atoms with van der Waals surface area (Å²) in [6, 6.07) is 0. The van der Waals surface area contributed by atoms with Crippen molar-refractivity contribution in [3.63, 3.8) is 0 Å². The highest BCUT2D eigenvalue weighted by Crippen LogP contribution is 1.81. The predicted molar refractivity (Wildman–Crippen MR) is 46.6 cm³/mol. The van der Waals surface area contributed by atoms with Gasteiger partial charge < -0.3 is 0 Å². The largest absolute Gasteiger partial charge is 0.0985 e. The van der Waals surface area contributed by atoms with Crippen molar-refractivity contribution in [1.29, 1.82) is 0 Å². The van der Waals surface area contributed by atoms with Crippen molar-refractivity contribution in [3.8, 4) is 11.8 Å². The molecular weight excluding hydrogens is 120 g/mol. The minimum Gasteiger partial charge on any atom is -0.0985 e. The standard InChI is InChI=1S/C10H14/c1-3-5-7-9-10-8-6-4-2/h3,5,7,9H,4,6H2,1-2H3/b5-3+,9-7-. The van der Waals surface area contributed by atoms with Gasteiger partial charge in [-0.25, -0.2) is 0 Å². The van der Waals surface area contributed by atoms with Gasteiger partial charge in [-0.05, 0) is 19.4 Å². The molecule has 0 fully saturated rings. The van der Waals surface area contributed by atoms with Crippen LogP contribution in [0.1, 0.15) is 26.7 Å². The summed E-state index contributed by atoms with van der Waals surface area (Å²) >= 11 is 0. The molecule has 0 atom stereocenters. The van der Waals surface area contributed by atoms with Gasteiger partial charge in [0.15, 0.2) is 0 Å². The number of allylic oxidation sites excluding steroid dienone is 4. The highest BCUT2D eigenvalue weighted by molar-refractivity contribution is 5.19. The van der Waals surface area contributed by atoms with Crippen LogP contribution in [0.2, 0.25) is 0 Å². The Morgan fingerprint density at radius 1 is 1.30 bits per heavy atom. The van der Waals surface area contributed by atoms with Crippen molar-refractivity contribution in [2.75, 3.05) is 0 Å². The Hall–Kier alpha value is -0.960. The molecule has 0 saturated carbocycles. The zero-order valence-corrected chi connectivity index (χ0v) is 6.72. The van der Waals surface area contributed by atoms with Crippen LogP contribution in [0.15, 0.2) is 24.3 Å². The van der Waals surface area contributed by atoms with E-state index in [-0.39, 0.29) is 0 Å². The summed E-state index contributed by atoms with van der Waals surface area (Å²) in [5, 5.41) is 0. The van der Waals surface area contributed by atoms with E-state index >= 15 is 0 Å². The molecule has 0 radical (unpaired) electrons. The Morgan fingerprint density at radius 2 is 2.10 bits per heavy atom. The fraction of sp³-hybridized carbons (Fsp3) is 0.400. The molecule has 0 aromatic heterocycles. The first-order valence-corrected chi connectivity index (χ1v) is 3.68. The molecule has 0 heterocycles. The summed E-state index contributed by atoms with van der Waals surface area (Å²) in [5.74, 6) is 5.96. The highest BCUT2D eigenvalue weighted by Gasteiger charge is 1.65. The van der Waals surface area contributed by atoms with E-state index in [1.54, 1.807) is 0 Å². The van der Waals surface area contributed by atoms with Gasteiger partial charge in [0.2, 0.25) is 0 Å². The van der Waals surface area contributed by atoms with Crippen LogP contribution in [0, 0.1) is 11.8 Å². The van der Waals surface area contributed by atoms with Crippen molar-refractivity contribution in [2.24, 2.45) is 0 Å². The van der Waals surface area contributed by atoms with Crippen LogP contribution in [-0.4, -0.2) is 0 Å². The van der Waals surface area contributed by atoms with E-state index in [1.807, 2.05) is 31.2 Å². The second-order valence-corrected chi connectivity index (χ2v) is 1.96. The first-order chi connectivity index (χ1) is 4.91. The lowest BCUT2D eigenvalue weighted by molar-refractivity contribution is 0.983. The lowest BCUT2D eigenvalue weighted by atomic mass is 10.3. The van der Waals surface area contributed by atoms with E-state index in [1.165, 1.54) is 0 Å². The van der Waals surface area contributed by atoms with E-state index in [0.717, 1.165) is 12.8 Å². The van der Waals surface area contributed by atoms with Gasteiger partial charge in [0.25, 0.3) is 0 Å². The molecule has 0 unspecified atom stereocenters. The maximum absolute atomic E-state index is 3.02. The van der Waals surface area contributed by atoms with Crippen LogP contribution in [0.4, 0.5) is 0 Å². The molecule has 0 amide bonds. The highest BCUT2D eigenvalue weighted by atomic mass is 13.7. The van der Waals surface area contributed by atoms with Crippen molar-refractivity contribution in [2.45, 2.75) is 26.7 Å². The third kappa shape index (κ3) is 7.04. The SMILES string of the molecule is C/C=C/C=C\C#CCCC. The zero-order chi connectivity index (χ0) is 7.66. The molecule has 0 N–H and O–H groups in total. The summed E-state index contributed by atoms with van der Waals surface area (Å²) in [5.41, 5.74) is 0. The minimum atomic E-state index is 1.00. The normalized spacial score (nSPS) is 10.2. The molecule has 0 heteroatoms. The minimum absolute atomic E-state index is 1.00. The van der Waals surface area contributed by atoms with Gasteiger partial charge in [-0.2, -0.15) is 0 Å². The number of hydrogen-bond acceptors (Lipinski definition) is 0. The molecule has 0 rings (SSSR count). The van der Waals surface area contributed by atoms with Gasteiger partial charge in [0.05, 0.1) is 0 Å². The summed E-state index contributed by atoms with van der Waals surface area (Å²) in [6.07, 6.45) is 9.92. The molecule has 0 aliphatic carbocycles.